The molecule has 3 N–H and O–H groups in total. The fourth-order valence-corrected chi connectivity index (χ4v) is 2.24. The Kier molecular flexibility index (Phi) is 4.43. The van der Waals surface area contributed by atoms with E-state index in [-0.39, 0.29) is 12.4 Å². The van der Waals surface area contributed by atoms with Gasteiger partial charge in [0.25, 0.3) is 0 Å². The van der Waals surface area contributed by atoms with Gasteiger partial charge in [-0.05, 0) is 49.1 Å². The van der Waals surface area contributed by atoms with Gasteiger partial charge in [-0.2, -0.15) is 0 Å². The third-order valence-corrected chi connectivity index (χ3v) is 2.95. The average Bonchev–Trinajstić information content (AvgIpc) is 2.17. The van der Waals surface area contributed by atoms with Gasteiger partial charge in [0.1, 0.15) is 0 Å². The van der Waals surface area contributed by atoms with Gasteiger partial charge in [-0.1, -0.05) is 13.0 Å². The highest BCUT2D eigenvalue weighted by Gasteiger charge is 2.17. The Morgan fingerprint density at radius 2 is 2.20 bits per heavy atom. The average molecular weight is 227 g/mol. The molecule has 1 aliphatic carbocycles. The minimum absolute atomic E-state index is 0. The maximum absolute atomic E-state index is 5.78. The molecule has 84 valence electrons. The van der Waals surface area contributed by atoms with Crippen LogP contribution in [-0.4, -0.2) is 12.6 Å². The van der Waals surface area contributed by atoms with Crippen molar-refractivity contribution in [2.45, 2.75) is 32.2 Å². The van der Waals surface area contributed by atoms with Crippen LogP contribution in [0.25, 0.3) is 0 Å². The topological polar surface area (TPSA) is 38.0 Å². The van der Waals surface area contributed by atoms with E-state index in [0.717, 1.165) is 18.7 Å². The summed E-state index contributed by atoms with van der Waals surface area (Å²) in [5.41, 5.74) is 9.58. The molecule has 0 heterocycles. The van der Waals surface area contributed by atoms with E-state index < -0.39 is 0 Å². The predicted molar refractivity (Wildman–Crippen MR) is 67.6 cm³/mol. The summed E-state index contributed by atoms with van der Waals surface area (Å²) in [7, 11) is 0. The lowest BCUT2D eigenvalue weighted by Gasteiger charge is -2.25. The van der Waals surface area contributed by atoms with Crippen LogP contribution in [0.3, 0.4) is 0 Å². The summed E-state index contributed by atoms with van der Waals surface area (Å²) in [6, 6.07) is 6.95. The van der Waals surface area contributed by atoms with E-state index in [4.69, 9.17) is 5.73 Å². The van der Waals surface area contributed by atoms with E-state index in [1.807, 2.05) is 6.07 Å². The van der Waals surface area contributed by atoms with E-state index in [1.165, 1.54) is 24.0 Å². The van der Waals surface area contributed by atoms with Crippen LogP contribution in [0, 0.1) is 0 Å². The number of halogens is 1. The molecule has 0 radical (unpaired) electrons. The predicted octanol–water partition coefficient (Wildman–Crippen LogP) is 2.16. The van der Waals surface area contributed by atoms with Crippen LogP contribution in [0.15, 0.2) is 18.2 Å². The fourth-order valence-electron chi connectivity index (χ4n) is 2.24. The molecule has 0 spiro atoms. The molecule has 0 saturated heterocycles. The lowest BCUT2D eigenvalue weighted by molar-refractivity contribution is 0.471. The molecule has 15 heavy (non-hydrogen) atoms. The molecule has 0 fully saturated rings. The van der Waals surface area contributed by atoms with Gasteiger partial charge < -0.3 is 11.1 Å². The van der Waals surface area contributed by atoms with Gasteiger partial charge in [-0.15, -0.1) is 12.4 Å². The van der Waals surface area contributed by atoms with Gasteiger partial charge in [-0.3, -0.25) is 0 Å². The van der Waals surface area contributed by atoms with Gasteiger partial charge >= 0.3 is 0 Å². The van der Waals surface area contributed by atoms with Crippen molar-refractivity contribution in [3.8, 4) is 0 Å². The Morgan fingerprint density at radius 3 is 2.93 bits per heavy atom. The summed E-state index contributed by atoms with van der Waals surface area (Å²) in [5, 5.41) is 3.50. The number of benzene rings is 1. The highest BCUT2D eigenvalue weighted by Crippen LogP contribution is 2.23. The maximum Gasteiger partial charge on any atom is 0.0316 e. The van der Waals surface area contributed by atoms with Gasteiger partial charge in [-0.25, -0.2) is 0 Å². The van der Waals surface area contributed by atoms with Crippen molar-refractivity contribution in [2.24, 2.45) is 0 Å². The summed E-state index contributed by atoms with van der Waals surface area (Å²) >= 11 is 0. The van der Waals surface area contributed by atoms with E-state index in [0.29, 0.717) is 6.04 Å². The van der Waals surface area contributed by atoms with Gasteiger partial charge in [0.2, 0.25) is 0 Å². The second-order valence-electron chi connectivity index (χ2n) is 4.03. The Labute approximate surface area is 97.7 Å². The van der Waals surface area contributed by atoms with Crippen LogP contribution in [-0.2, 0) is 12.8 Å². The van der Waals surface area contributed by atoms with Crippen molar-refractivity contribution in [3.05, 3.63) is 29.3 Å². The van der Waals surface area contributed by atoms with E-state index >= 15 is 0 Å². The lowest BCUT2D eigenvalue weighted by Crippen LogP contribution is -2.34. The van der Waals surface area contributed by atoms with Crippen LogP contribution in [0.1, 0.15) is 24.5 Å². The number of hydrogen-bond donors (Lipinski definition) is 2. The minimum atomic E-state index is 0. The summed E-state index contributed by atoms with van der Waals surface area (Å²) < 4.78 is 0. The van der Waals surface area contributed by atoms with Crippen LogP contribution >= 0.6 is 12.4 Å². The standard InChI is InChI=1S/C12H18N2.ClH/c1-2-14-12-6-4-9-3-5-11(13)7-10(9)8-12;/h3,5,7,12,14H,2,4,6,8,13H2,1H3;1H. The Morgan fingerprint density at radius 1 is 1.40 bits per heavy atom. The number of fused-ring (bicyclic) bond motifs is 1. The molecule has 0 amide bonds. The highest BCUT2D eigenvalue weighted by atomic mass is 35.5. The molecule has 2 nitrogen and oxygen atoms in total. The largest absolute Gasteiger partial charge is 0.399 e. The minimum Gasteiger partial charge on any atom is -0.399 e. The zero-order valence-corrected chi connectivity index (χ0v) is 9.94. The molecule has 0 aliphatic heterocycles. The second-order valence-corrected chi connectivity index (χ2v) is 4.03. The van der Waals surface area contributed by atoms with E-state index in [9.17, 15) is 0 Å². The molecule has 0 bridgehead atoms. The van der Waals surface area contributed by atoms with E-state index in [1.54, 1.807) is 0 Å². The number of rotatable bonds is 2. The number of likely N-dealkylation sites (N-methyl/N-ethyl adjacent to an activating group) is 1. The fraction of sp³-hybridized carbons (Fsp3) is 0.500. The van der Waals surface area contributed by atoms with Crippen LogP contribution in [0.5, 0.6) is 0 Å². The molecular weight excluding hydrogens is 208 g/mol. The summed E-state index contributed by atoms with van der Waals surface area (Å²) in [6.45, 7) is 3.22. The van der Waals surface area contributed by atoms with Crippen LogP contribution in [0.2, 0.25) is 0 Å². The number of hydrogen-bond acceptors (Lipinski definition) is 2. The lowest BCUT2D eigenvalue weighted by atomic mass is 9.88. The normalized spacial score (nSPS) is 19.1. The zero-order chi connectivity index (χ0) is 9.97. The summed E-state index contributed by atoms with van der Waals surface area (Å²) in [5.74, 6) is 0. The number of nitrogens with one attached hydrogen (secondary N) is 1. The molecule has 1 atom stereocenters. The Bertz CT molecular complexity index is 325. The number of nitrogen functional groups attached to an aromatic ring is 1. The molecule has 0 aromatic heterocycles. The quantitative estimate of drug-likeness (QED) is 0.759. The maximum atomic E-state index is 5.78. The van der Waals surface area contributed by atoms with Crippen molar-refractivity contribution in [2.75, 3.05) is 12.3 Å². The molecule has 1 aromatic carbocycles. The third-order valence-electron chi connectivity index (χ3n) is 2.95. The highest BCUT2D eigenvalue weighted by molar-refractivity contribution is 5.85. The molecule has 3 heteroatoms. The van der Waals surface area contributed by atoms with Crippen molar-refractivity contribution in [1.29, 1.82) is 0 Å². The first kappa shape index (κ1) is 12.3. The summed E-state index contributed by atoms with van der Waals surface area (Å²) in [4.78, 5) is 0. The van der Waals surface area contributed by atoms with Crippen molar-refractivity contribution >= 4 is 18.1 Å². The Balaban J connectivity index is 0.00000112. The van der Waals surface area contributed by atoms with Crippen LogP contribution in [0.4, 0.5) is 5.69 Å². The first-order chi connectivity index (χ1) is 6.79. The first-order valence-corrected chi connectivity index (χ1v) is 5.40. The zero-order valence-electron chi connectivity index (χ0n) is 9.12. The number of anilines is 1. The molecule has 0 saturated carbocycles. The smallest absolute Gasteiger partial charge is 0.0316 e. The molecule has 1 aromatic rings. The number of aryl methyl sites for hydroxylation is 1. The first-order valence-electron chi connectivity index (χ1n) is 5.40. The van der Waals surface area contributed by atoms with Crippen molar-refractivity contribution < 1.29 is 0 Å². The van der Waals surface area contributed by atoms with Crippen molar-refractivity contribution in [1.82, 2.24) is 5.32 Å². The van der Waals surface area contributed by atoms with Gasteiger partial charge in [0, 0.05) is 11.7 Å². The summed E-state index contributed by atoms with van der Waals surface area (Å²) in [6.07, 6.45) is 3.58. The van der Waals surface area contributed by atoms with E-state index in [2.05, 4.69) is 24.4 Å². The molecule has 1 unspecified atom stereocenters. The molecular formula is C12H19ClN2. The SMILES string of the molecule is CCNC1CCc2ccc(N)cc2C1.Cl. The third kappa shape index (κ3) is 2.86. The monoisotopic (exact) mass is 226 g/mol. The number of nitrogens with two attached hydrogens (primary N) is 1. The van der Waals surface area contributed by atoms with Gasteiger partial charge in [0.15, 0.2) is 0 Å². The van der Waals surface area contributed by atoms with Crippen molar-refractivity contribution in [3.63, 3.8) is 0 Å². The van der Waals surface area contributed by atoms with Gasteiger partial charge in [0.05, 0.1) is 0 Å². The molecule has 2 rings (SSSR count). The second kappa shape index (κ2) is 5.38. The van der Waals surface area contributed by atoms with Crippen LogP contribution < -0.4 is 11.1 Å². The Hall–Kier alpha value is -0.730. The molecule has 1 aliphatic rings.